The Balaban J connectivity index is 2.54. The number of hydrogen-bond donors (Lipinski definition) is 0. The number of fused-ring (bicyclic) bond motifs is 1. The van der Waals surface area contributed by atoms with Crippen LogP contribution in [0.5, 0.6) is 0 Å². The number of rotatable bonds is 1. The van der Waals surface area contributed by atoms with Gasteiger partial charge in [0, 0.05) is 6.07 Å². The summed E-state index contributed by atoms with van der Waals surface area (Å²) in [5.41, 5.74) is 1.13. The lowest BCUT2D eigenvalue weighted by molar-refractivity contribution is 0.0594. The van der Waals surface area contributed by atoms with Crippen molar-refractivity contribution in [1.82, 2.24) is 9.97 Å². The van der Waals surface area contributed by atoms with Crippen LogP contribution in [0.25, 0.3) is 11.2 Å². The Kier molecular flexibility index (Phi) is 1.70. The van der Waals surface area contributed by atoms with Gasteiger partial charge in [-0.3, -0.25) is 0 Å². The van der Waals surface area contributed by atoms with Crippen LogP contribution >= 0.6 is 0 Å². The molecule has 2 aromatic heterocycles. The highest BCUT2D eigenvalue weighted by Crippen LogP contribution is 2.09. The van der Waals surface area contributed by atoms with E-state index < -0.39 is 5.97 Å². The van der Waals surface area contributed by atoms with Gasteiger partial charge in [0.25, 0.3) is 0 Å². The van der Waals surface area contributed by atoms with E-state index in [0.717, 1.165) is 0 Å². The molecule has 0 aliphatic carbocycles. The second-order valence-corrected chi connectivity index (χ2v) is 2.36. The first-order valence-electron chi connectivity index (χ1n) is 3.60. The molecule has 66 valence electrons. The van der Waals surface area contributed by atoms with Gasteiger partial charge in [-0.05, 0) is 0 Å². The van der Waals surface area contributed by atoms with E-state index in [1.54, 1.807) is 6.07 Å². The number of nitrogens with zero attached hydrogens (tertiary/aromatic N) is 2. The quantitative estimate of drug-likeness (QED) is 0.609. The number of carbonyl (C=O) groups excluding carboxylic acids is 1. The maximum atomic E-state index is 11.0. The molecule has 0 radical (unpaired) electrons. The third-order valence-electron chi connectivity index (χ3n) is 1.56. The Hall–Kier alpha value is -1.91. The zero-order valence-corrected chi connectivity index (χ0v) is 6.85. The topological polar surface area (TPSA) is 65.2 Å². The summed E-state index contributed by atoms with van der Waals surface area (Å²) in [7, 11) is 1.30. The number of furan rings is 1. The van der Waals surface area contributed by atoms with E-state index in [-0.39, 0.29) is 5.69 Å². The molecule has 2 rings (SSSR count). The van der Waals surface area contributed by atoms with Crippen molar-refractivity contribution < 1.29 is 13.9 Å². The fourth-order valence-electron chi connectivity index (χ4n) is 0.958. The van der Waals surface area contributed by atoms with Crippen molar-refractivity contribution in [2.45, 2.75) is 0 Å². The lowest BCUT2D eigenvalue weighted by Gasteiger charge is -1.95. The summed E-state index contributed by atoms with van der Waals surface area (Å²) in [6, 6.07) is 1.63. The van der Waals surface area contributed by atoms with Gasteiger partial charge in [0.05, 0.1) is 19.6 Å². The highest BCUT2D eigenvalue weighted by Gasteiger charge is 2.09. The van der Waals surface area contributed by atoms with E-state index in [1.807, 2.05) is 0 Å². The van der Waals surface area contributed by atoms with Crippen molar-refractivity contribution in [2.24, 2.45) is 0 Å². The van der Waals surface area contributed by atoms with Crippen molar-refractivity contribution in [3.05, 3.63) is 24.2 Å². The molecule has 5 nitrogen and oxygen atoms in total. The van der Waals surface area contributed by atoms with Crippen LogP contribution in [0.15, 0.2) is 22.9 Å². The van der Waals surface area contributed by atoms with Crippen molar-refractivity contribution in [1.29, 1.82) is 0 Å². The number of methoxy groups -OCH3 is 1. The molecule has 0 amide bonds. The van der Waals surface area contributed by atoms with E-state index >= 15 is 0 Å². The highest BCUT2D eigenvalue weighted by molar-refractivity contribution is 5.88. The first-order chi connectivity index (χ1) is 6.31. The molecule has 0 aliphatic heterocycles. The van der Waals surface area contributed by atoms with Crippen molar-refractivity contribution in [2.75, 3.05) is 7.11 Å². The maximum Gasteiger partial charge on any atom is 0.358 e. The number of carbonyl (C=O) groups is 1. The first-order valence-corrected chi connectivity index (χ1v) is 3.60. The largest absolute Gasteiger partial charge is 0.464 e. The van der Waals surface area contributed by atoms with Gasteiger partial charge in [0.15, 0.2) is 5.69 Å². The summed E-state index contributed by atoms with van der Waals surface area (Å²) < 4.78 is 9.45. The molecule has 2 aromatic rings. The number of aromatic nitrogens is 2. The van der Waals surface area contributed by atoms with Crippen LogP contribution in [-0.2, 0) is 4.74 Å². The molecule has 0 fully saturated rings. The van der Waals surface area contributed by atoms with Gasteiger partial charge in [0.2, 0.25) is 5.71 Å². The van der Waals surface area contributed by atoms with Crippen LogP contribution in [-0.4, -0.2) is 23.0 Å². The third kappa shape index (κ3) is 1.24. The molecule has 0 saturated heterocycles. The monoisotopic (exact) mass is 178 g/mol. The zero-order chi connectivity index (χ0) is 9.26. The molecule has 0 aromatic carbocycles. The van der Waals surface area contributed by atoms with E-state index in [1.165, 1.54) is 19.6 Å². The van der Waals surface area contributed by atoms with Gasteiger partial charge in [-0.2, -0.15) is 0 Å². The summed E-state index contributed by atoms with van der Waals surface area (Å²) in [5.74, 6) is -0.504. The van der Waals surface area contributed by atoms with Gasteiger partial charge in [-0.25, -0.2) is 14.8 Å². The van der Waals surface area contributed by atoms with Gasteiger partial charge < -0.3 is 9.15 Å². The molecule has 0 aliphatic rings. The second kappa shape index (κ2) is 2.85. The molecule has 0 atom stereocenters. The van der Waals surface area contributed by atoms with Crippen LogP contribution < -0.4 is 0 Å². The molecule has 2 heterocycles. The molecule has 0 N–H and O–H groups in total. The molecule has 0 bridgehead atoms. The number of ether oxygens (including phenoxy) is 1. The highest BCUT2D eigenvalue weighted by atomic mass is 16.5. The molecule has 0 unspecified atom stereocenters. The summed E-state index contributed by atoms with van der Waals surface area (Å²) in [6.07, 6.45) is 2.78. The Labute approximate surface area is 73.4 Å². The second-order valence-electron chi connectivity index (χ2n) is 2.36. The molecular formula is C8H6N2O3. The third-order valence-corrected chi connectivity index (χ3v) is 1.56. The van der Waals surface area contributed by atoms with Gasteiger partial charge in [0.1, 0.15) is 5.52 Å². The average Bonchev–Trinajstić information content (AvgIpc) is 2.63. The maximum absolute atomic E-state index is 11.0. The summed E-state index contributed by atoms with van der Waals surface area (Å²) >= 11 is 0. The minimum atomic E-state index is -0.504. The van der Waals surface area contributed by atoms with E-state index in [2.05, 4.69) is 14.7 Å². The van der Waals surface area contributed by atoms with Crippen LogP contribution in [0.4, 0.5) is 0 Å². The van der Waals surface area contributed by atoms with Gasteiger partial charge in [-0.1, -0.05) is 0 Å². The lowest BCUT2D eigenvalue weighted by Crippen LogP contribution is -2.04. The van der Waals surface area contributed by atoms with Crippen molar-refractivity contribution in [3.8, 4) is 0 Å². The van der Waals surface area contributed by atoms with E-state index in [4.69, 9.17) is 4.42 Å². The van der Waals surface area contributed by atoms with Crippen LogP contribution in [0.3, 0.4) is 0 Å². The fraction of sp³-hybridized carbons (Fsp3) is 0.125. The first kappa shape index (κ1) is 7.72. The van der Waals surface area contributed by atoms with Crippen LogP contribution in [0.1, 0.15) is 10.5 Å². The van der Waals surface area contributed by atoms with Crippen LogP contribution in [0.2, 0.25) is 0 Å². The predicted octanol–water partition coefficient (Wildman–Crippen LogP) is 1.01. The fourth-order valence-corrected chi connectivity index (χ4v) is 0.958. The van der Waals surface area contributed by atoms with Crippen molar-refractivity contribution in [3.63, 3.8) is 0 Å². The summed E-state index contributed by atoms with van der Waals surface area (Å²) in [5, 5.41) is 0. The standard InChI is InChI=1S/C8H6N2O3/c1-12-8(11)6-4-9-7-5(10-6)2-3-13-7/h2-4H,1H3. The number of hydrogen-bond acceptors (Lipinski definition) is 5. The SMILES string of the molecule is COC(=O)c1cnc2occc2n1. The molecular weight excluding hydrogens is 172 g/mol. The van der Waals surface area contributed by atoms with Crippen molar-refractivity contribution >= 4 is 17.2 Å². The Morgan fingerprint density at radius 2 is 2.46 bits per heavy atom. The summed E-state index contributed by atoms with van der Waals surface area (Å²) in [4.78, 5) is 18.9. The van der Waals surface area contributed by atoms with Gasteiger partial charge >= 0.3 is 5.97 Å². The smallest absolute Gasteiger partial charge is 0.358 e. The normalized spacial score (nSPS) is 10.2. The van der Waals surface area contributed by atoms with Gasteiger partial charge in [-0.15, -0.1) is 0 Å². The zero-order valence-electron chi connectivity index (χ0n) is 6.85. The predicted molar refractivity (Wildman–Crippen MR) is 43.1 cm³/mol. The molecule has 0 saturated carbocycles. The minimum absolute atomic E-state index is 0.177. The average molecular weight is 178 g/mol. The minimum Gasteiger partial charge on any atom is -0.464 e. The van der Waals surface area contributed by atoms with Crippen LogP contribution in [0, 0.1) is 0 Å². The molecule has 13 heavy (non-hydrogen) atoms. The molecule has 0 spiro atoms. The number of esters is 1. The van der Waals surface area contributed by atoms with E-state index in [9.17, 15) is 4.79 Å². The Morgan fingerprint density at radius 3 is 3.23 bits per heavy atom. The molecule has 5 heteroatoms. The Bertz CT molecular complexity index is 449. The van der Waals surface area contributed by atoms with E-state index in [0.29, 0.717) is 11.2 Å². The summed E-state index contributed by atoms with van der Waals surface area (Å²) in [6.45, 7) is 0. The lowest BCUT2D eigenvalue weighted by atomic mass is 10.4. The Morgan fingerprint density at radius 1 is 1.62 bits per heavy atom.